The fourth-order valence-corrected chi connectivity index (χ4v) is 4.93. The summed E-state index contributed by atoms with van der Waals surface area (Å²) in [6, 6.07) is 0. The normalized spacial score (nSPS) is 21.0. The Hall–Kier alpha value is -0.860. The maximum Gasteiger partial charge on any atom is 0.193 e. The van der Waals surface area contributed by atoms with Crippen LogP contribution in [0.3, 0.4) is 0 Å². The smallest absolute Gasteiger partial charge is 0.193 e. The van der Waals surface area contributed by atoms with Gasteiger partial charge in [-0.25, -0.2) is 8.42 Å². The summed E-state index contributed by atoms with van der Waals surface area (Å²) in [5.41, 5.74) is -0.128. The third-order valence-electron chi connectivity index (χ3n) is 5.01. The van der Waals surface area contributed by atoms with Crippen LogP contribution in [0.15, 0.2) is 4.99 Å². The van der Waals surface area contributed by atoms with Gasteiger partial charge in [0.15, 0.2) is 5.96 Å². The molecular weight excluding hydrogens is 354 g/mol. The van der Waals surface area contributed by atoms with Gasteiger partial charge >= 0.3 is 0 Å². The van der Waals surface area contributed by atoms with Gasteiger partial charge in [-0.2, -0.15) is 0 Å². The highest BCUT2D eigenvalue weighted by Gasteiger charge is 2.45. The van der Waals surface area contributed by atoms with Crippen LogP contribution >= 0.6 is 0 Å². The number of aliphatic imine (C=N–C) groups is 1. The van der Waals surface area contributed by atoms with E-state index in [-0.39, 0.29) is 11.2 Å². The molecule has 0 bridgehead atoms. The molecule has 2 rings (SSSR count). The molecular formula is C18H35N3O4S. The van der Waals surface area contributed by atoms with Crippen LogP contribution in [0.2, 0.25) is 0 Å². The van der Waals surface area contributed by atoms with E-state index in [9.17, 15) is 8.42 Å². The van der Waals surface area contributed by atoms with Gasteiger partial charge in [0.2, 0.25) is 0 Å². The summed E-state index contributed by atoms with van der Waals surface area (Å²) in [5, 5.41) is 3.36. The Morgan fingerprint density at radius 1 is 1.27 bits per heavy atom. The molecule has 26 heavy (non-hydrogen) atoms. The van der Waals surface area contributed by atoms with Crippen LogP contribution in [0.1, 0.15) is 39.0 Å². The Labute approximate surface area is 158 Å². The molecule has 0 atom stereocenters. The number of piperidine rings is 1. The highest BCUT2D eigenvalue weighted by atomic mass is 32.2. The van der Waals surface area contributed by atoms with Gasteiger partial charge in [0.25, 0.3) is 0 Å². The Morgan fingerprint density at radius 3 is 2.50 bits per heavy atom. The number of sulfone groups is 1. The zero-order valence-electron chi connectivity index (χ0n) is 16.5. The summed E-state index contributed by atoms with van der Waals surface area (Å²) in [7, 11) is -1.24. The fraction of sp³-hybridized carbons (Fsp3) is 0.944. The largest absolute Gasteiger partial charge is 0.385 e. The number of nitrogens with zero attached hydrogens (tertiary/aromatic N) is 2. The first-order chi connectivity index (χ1) is 12.4. The van der Waals surface area contributed by atoms with E-state index in [0.29, 0.717) is 12.6 Å². The van der Waals surface area contributed by atoms with Crippen molar-refractivity contribution in [1.29, 1.82) is 0 Å². The van der Waals surface area contributed by atoms with Crippen molar-refractivity contribution in [3.05, 3.63) is 0 Å². The molecule has 2 fully saturated rings. The summed E-state index contributed by atoms with van der Waals surface area (Å²) >= 11 is 0. The molecule has 1 aliphatic carbocycles. The maximum absolute atomic E-state index is 11.6. The van der Waals surface area contributed by atoms with Crippen LogP contribution in [-0.4, -0.2) is 83.9 Å². The van der Waals surface area contributed by atoms with Crippen LogP contribution in [0.5, 0.6) is 0 Å². The molecule has 0 spiro atoms. The molecule has 1 N–H and O–H groups in total. The first-order valence-corrected chi connectivity index (χ1v) is 11.7. The molecule has 0 aromatic carbocycles. The van der Waals surface area contributed by atoms with Crippen LogP contribution in [0.4, 0.5) is 0 Å². The van der Waals surface area contributed by atoms with Gasteiger partial charge < -0.3 is 19.7 Å². The zero-order chi connectivity index (χ0) is 19.0. The lowest BCUT2D eigenvalue weighted by Crippen LogP contribution is -2.47. The Morgan fingerprint density at radius 2 is 1.96 bits per heavy atom. The summed E-state index contributed by atoms with van der Waals surface area (Å²) in [4.78, 5) is 7.05. The van der Waals surface area contributed by atoms with E-state index in [1.165, 1.54) is 6.26 Å². The SMILES string of the molecule is CCNC(=NCC1(CS(C)(=O)=O)CC1)N1CCC(OCCCOC)CC1. The lowest BCUT2D eigenvalue weighted by Gasteiger charge is -2.34. The molecule has 0 aromatic rings. The van der Waals surface area contributed by atoms with Crippen molar-refractivity contribution in [3.63, 3.8) is 0 Å². The molecule has 1 saturated carbocycles. The lowest BCUT2D eigenvalue weighted by molar-refractivity contribution is 0.00989. The Balaban J connectivity index is 1.82. The number of guanidine groups is 1. The third-order valence-corrected chi connectivity index (χ3v) is 6.15. The van der Waals surface area contributed by atoms with E-state index >= 15 is 0 Å². The van der Waals surface area contributed by atoms with Gasteiger partial charge in [0.05, 0.1) is 11.9 Å². The second kappa shape index (κ2) is 9.90. The van der Waals surface area contributed by atoms with Crippen LogP contribution in [0, 0.1) is 5.41 Å². The molecule has 1 saturated heterocycles. The van der Waals surface area contributed by atoms with Crippen molar-refractivity contribution < 1.29 is 17.9 Å². The molecule has 8 heteroatoms. The van der Waals surface area contributed by atoms with Crippen molar-refractivity contribution in [3.8, 4) is 0 Å². The quantitative estimate of drug-likeness (QED) is 0.345. The van der Waals surface area contributed by atoms with E-state index in [1.54, 1.807) is 7.11 Å². The minimum Gasteiger partial charge on any atom is -0.385 e. The first-order valence-electron chi connectivity index (χ1n) is 9.69. The number of nitrogens with one attached hydrogen (secondary N) is 1. The fourth-order valence-electron chi connectivity index (χ4n) is 3.44. The second-order valence-corrected chi connectivity index (χ2v) is 9.78. The molecule has 1 heterocycles. The predicted octanol–water partition coefficient (Wildman–Crippen LogP) is 1.29. The van der Waals surface area contributed by atoms with Gasteiger partial charge in [0, 0.05) is 58.2 Å². The molecule has 0 unspecified atom stereocenters. The maximum atomic E-state index is 11.6. The average molecular weight is 390 g/mol. The van der Waals surface area contributed by atoms with Crippen LogP contribution in [-0.2, 0) is 19.3 Å². The van der Waals surface area contributed by atoms with Crippen LogP contribution < -0.4 is 5.32 Å². The van der Waals surface area contributed by atoms with Crippen molar-refractivity contribution >= 4 is 15.8 Å². The van der Waals surface area contributed by atoms with Crippen molar-refractivity contribution in [2.24, 2.45) is 10.4 Å². The zero-order valence-corrected chi connectivity index (χ0v) is 17.3. The monoisotopic (exact) mass is 389 g/mol. The molecule has 2 aliphatic rings. The molecule has 1 aliphatic heterocycles. The van der Waals surface area contributed by atoms with Crippen molar-refractivity contribution in [2.45, 2.75) is 45.1 Å². The number of rotatable bonds is 10. The predicted molar refractivity (Wildman–Crippen MR) is 104 cm³/mol. The Kier molecular flexibility index (Phi) is 8.16. The summed E-state index contributed by atoms with van der Waals surface area (Å²) in [6.07, 6.45) is 6.46. The third kappa shape index (κ3) is 7.40. The summed E-state index contributed by atoms with van der Waals surface area (Å²) in [6.45, 7) is 6.79. The topological polar surface area (TPSA) is 80.2 Å². The van der Waals surface area contributed by atoms with Gasteiger partial charge in [-0.3, -0.25) is 4.99 Å². The molecule has 0 aromatic heterocycles. The average Bonchev–Trinajstić information content (AvgIpc) is 3.34. The molecule has 0 amide bonds. The number of hydrogen-bond acceptors (Lipinski definition) is 5. The van der Waals surface area contributed by atoms with Gasteiger partial charge in [0.1, 0.15) is 9.84 Å². The van der Waals surface area contributed by atoms with Crippen molar-refractivity contribution in [2.75, 3.05) is 58.5 Å². The summed E-state index contributed by atoms with van der Waals surface area (Å²) in [5.74, 6) is 1.16. The molecule has 0 radical (unpaired) electrons. The lowest BCUT2D eigenvalue weighted by atomic mass is 10.1. The number of methoxy groups -OCH3 is 1. The molecule has 152 valence electrons. The van der Waals surface area contributed by atoms with Gasteiger partial charge in [-0.1, -0.05) is 0 Å². The highest BCUT2D eigenvalue weighted by Crippen LogP contribution is 2.46. The number of ether oxygens (including phenoxy) is 2. The van der Waals surface area contributed by atoms with Gasteiger partial charge in [-0.15, -0.1) is 0 Å². The second-order valence-electron chi connectivity index (χ2n) is 7.64. The Bertz CT molecular complexity index is 553. The number of likely N-dealkylation sites (tertiary alicyclic amines) is 1. The van der Waals surface area contributed by atoms with Crippen LogP contribution in [0.25, 0.3) is 0 Å². The molecule has 7 nitrogen and oxygen atoms in total. The van der Waals surface area contributed by atoms with Crippen molar-refractivity contribution in [1.82, 2.24) is 10.2 Å². The highest BCUT2D eigenvalue weighted by molar-refractivity contribution is 7.90. The van der Waals surface area contributed by atoms with E-state index < -0.39 is 9.84 Å². The minimum absolute atomic E-state index is 0.128. The van der Waals surface area contributed by atoms with E-state index in [1.807, 2.05) is 0 Å². The van der Waals surface area contributed by atoms with Gasteiger partial charge in [-0.05, 0) is 39.0 Å². The first kappa shape index (κ1) is 21.4. The summed E-state index contributed by atoms with van der Waals surface area (Å²) < 4.78 is 34.2. The van der Waals surface area contributed by atoms with E-state index in [2.05, 4.69) is 17.1 Å². The standard InChI is InChI=1S/C18H35N3O4S/c1-4-19-17(20-14-18(8-9-18)15-26(3,22)23)21-10-6-16(7-11-21)25-13-5-12-24-2/h16H,4-15H2,1-3H3,(H,19,20). The minimum atomic E-state index is -2.95. The van der Waals surface area contributed by atoms with E-state index in [0.717, 1.165) is 70.9 Å². The number of hydrogen-bond donors (Lipinski definition) is 1. The van der Waals surface area contributed by atoms with E-state index in [4.69, 9.17) is 14.5 Å².